The smallest absolute Gasteiger partial charge is 0.319 e. The first kappa shape index (κ1) is 15.4. The van der Waals surface area contributed by atoms with E-state index in [1.165, 1.54) is 12.1 Å². The third kappa shape index (κ3) is 4.28. The summed E-state index contributed by atoms with van der Waals surface area (Å²) in [5.41, 5.74) is 1.21. The van der Waals surface area contributed by atoms with Gasteiger partial charge >= 0.3 is 6.03 Å². The number of hydrogen-bond donors (Lipinski definition) is 2. The van der Waals surface area contributed by atoms with Crippen molar-refractivity contribution in [3.63, 3.8) is 0 Å². The fraction of sp³-hybridized carbons (Fsp3) is 0.125. The van der Waals surface area contributed by atoms with Crippen molar-refractivity contribution in [1.29, 1.82) is 5.26 Å². The largest absolute Gasteiger partial charge is 0.338 e. The number of carbonyl (C=O) groups is 1. The first-order chi connectivity index (χ1) is 10.6. The molecule has 0 aliphatic heterocycles. The van der Waals surface area contributed by atoms with Gasteiger partial charge in [-0.3, -0.25) is 0 Å². The van der Waals surface area contributed by atoms with Gasteiger partial charge in [-0.05, 0) is 36.2 Å². The van der Waals surface area contributed by atoms with Crippen LogP contribution < -0.4 is 10.6 Å². The second-order valence-corrected chi connectivity index (χ2v) is 4.57. The number of nitriles is 1. The molecule has 6 heteroatoms. The summed E-state index contributed by atoms with van der Waals surface area (Å²) in [6.07, 6.45) is 0.294. The Bertz CT molecular complexity index is 705. The minimum atomic E-state index is -0.651. The van der Waals surface area contributed by atoms with Crippen LogP contribution in [0, 0.1) is 23.0 Å². The Morgan fingerprint density at radius 1 is 1.14 bits per heavy atom. The maximum absolute atomic E-state index is 13.0. The lowest BCUT2D eigenvalue weighted by Crippen LogP contribution is -2.30. The van der Waals surface area contributed by atoms with E-state index in [9.17, 15) is 13.6 Å². The van der Waals surface area contributed by atoms with Gasteiger partial charge in [0.2, 0.25) is 0 Å². The average molecular weight is 301 g/mol. The van der Waals surface area contributed by atoms with Crippen molar-refractivity contribution in [2.45, 2.75) is 6.42 Å². The van der Waals surface area contributed by atoms with Gasteiger partial charge in [-0.15, -0.1) is 0 Å². The average Bonchev–Trinajstić information content (AvgIpc) is 2.46. The van der Waals surface area contributed by atoms with Crippen LogP contribution in [-0.4, -0.2) is 12.6 Å². The Morgan fingerprint density at radius 3 is 2.50 bits per heavy atom. The van der Waals surface area contributed by atoms with Crippen molar-refractivity contribution in [2.75, 3.05) is 11.9 Å². The molecule has 22 heavy (non-hydrogen) atoms. The molecule has 0 aliphatic carbocycles. The topological polar surface area (TPSA) is 64.9 Å². The van der Waals surface area contributed by atoms with Crippen LogP contribution >= 0.6 is 0 Å². The summed E-state index contributed by atoms with van der Waals surface area (Å²) >= 11 is 0. The highest BCUT2D eigenvalue weighted by molar-refractivity contribution is 5.90. The SMILES string of the molecule is N#Cc1ccccc1NC(=O)NCCc1cc(F)cc(F)c1. The number of carbonyl (C=O) groups excluding carboxylic acids is 1. The maximum atomic E-state index is 13.0. The molecule has 0 atom stereocenters. The zero-order valence-corrected chi connectivity index (χ0v) is 11.6. The molecule has 2 amide bonds. The van der Waals surface area contributed by atoms with E-state index in [4.69, 9.17) is 5.26 Å². The molecule has 0 saturated carbocycles. The molecular weight excluding hydrogens is 288 g/mol. The van der Waals surface area contributed by atoms with Crippen LogP contribution in [0.4, 0.5) is 19.3 Å². The summed E-state index contributed by atoms with van der Waals surface area (Å²) in [7, 11) is 0. The van der Waals surface area contributed by atoms with Crippen LogP contribution in [-0.2, 0) is 6.42 Å². The van der Waals surface area contributed by atoms with Crippen LogP contribution in [0.15, 0.2) is 42.5 Å². The van der Waals surface area contributed by atoms with Gasteiger partial charge in [0.05, 0.1) is 11.3 Å². The number of nitrogens with one attached hydrogen (secondary N) is 2. The molecule has 4 nitrogen and oxygen atoms in total. The highest BCUT2D eigenvalue weighted by atomic mass is 19.1. The lowest BCUT2D eigenvalue weighted by molar-refractivity contribution is 0.252. The Labute approximate surface area is 126 Å². The molecule has 0 aliphatic rings. The molecule has 0 aromatic heterocycles. The lowest BCUT2D eigenvalue weighted by atomic mass is 10.1. The normalized spacial score (nSPS) is 9.86. The molecule has 112 valence electrons. The quantitative estimate of drug-likeness (QED) is 0.910. The number of nitrogens with zero attached hydrogens (tertiary/aromatic N) is 1. The molecule has 0 fully saturated rings. The summed E-state index contributed by atoms with van der Waals surface area (Å²) in [6, 6.07) is 11.3. The van der Waals surface area contributed by atoms with Gasteiger partial charge in [0.1, 0.15) is 17.7 Å². The number of urea groups is 1. The van der Waals surface area contributed by atoms with Gasteiger partial charge in [0.25, 0.3) is 0 Å². The first-order valence-corrected chi connectivity index (χ1v) is 6.57. The fourth-order valence-corrected chi connectivity index (χ4v) is 1.93. The molecule has 0 saturated heterocycles. The van der Waals surface area contributed by atoms with Crippen molar-refractivity contribution >= 4 is 11.7 Å². The van der Waals surface area contributed by atoms with Crippen molar-refractivity contribution in [3.05, 3.63) is 65.2 Å². The number of rotatable bonds is 4. The van der Waals surface area contributed by atoms with E-state index >= 15 is 0 Å². The molecule has 2 aromatic carbocycles. The molecule has 2 aromatic rings. The van der Waals surface area contributed by atoms with E-state index in [1.54, 1.807) is 24.3 Å². The minimum absolute atomic E-state index is 0.212. The third-order valence-corrected chi connectivity index (χ3v) is 2.92. The zero-order chi connectivity index (χ0) is 15.9. The number of halogens is 2. The maximum Gasteiger partial charge on any atom is 0.319 e. The minimum Gasteiger partial charge on any atom is -0.338 e. The van der Waals surface area contributed by atoms with E-state index in [0.29, 0.717) is 23.2 Å². The lowest BCUT2D eigenvalue weighted by Gasteiger charge is -2.09. The molecule has 0 heterocycles. The van der Waals surface area contributed by atoms with Crippen molar-refractivity contribution in [1.82, 2.24) is 5.32 Å². The van der Waals surface area contributed by atoms with Gasteiger partial charge in [-0.25, -0.2) is 13.6 Å². The Hall–Kier alpha value is -2.94. The Morgan fingerprint density at radius 2 is 1.82 bits per heavy atom. The second-order valence-electron chi connectivity index (χ2n) is 4.57. The van der Waals surface area contributed by atoms with Crippen LogP contribution in [0.1, 0.15) is 11.1 Å². The van der Waals surface area contributed by atoms with E-state index < -0.39 is 17.7 Å². The van der Waals surface area contributed by atoms with Crippen LogP contribution in [0.25, 0.3) is 0 Å². The molecule has 0 spiro atoms. The Kier molecular flexibility index (Phi) is 5.04. The van der Waals surface area contributed by atoms with Crippen LogP contribution in [0.5, 0.6) is 0 Å². The van der Waals surface area contributed by atoms with E-state index in [0.717, 1.165) is 6.07 Å². The number of anilines is 1. The van der Waals surface area contributed by atoms with Crippen molar-refractivity contribution in [2.24, 2.45) is 0 Å². The second kappa shape index (κ2) is 7.18. The summed E-state index contributed by atoms with van der Waals surface area (Å²) < 4.78 is 26.0. The summed E-state index contributed by atoms with van der Waals surface area (Å²) in [5.74, 6) is -1.30. The Balaban J connectivity index is 1.87. The standard InChI is InChI=1S/C16H13F2N3O/c17-13-7-11(8-14(18)9-13)5-6-20-16(22)21-15-4-2-1-3-12(15)10-19/h1-4,7-9H,5-6H2,(H2,20,21,22). The molecule has 0 radical (unpaired) electrons. The number of benzene rings is 2. The molecule has 2 N–H and O–H groups in total. The highest BCUT2D eigenvalue weighted by Crippen LogP contribution is 2.13. The van der Waals surface area contributed by atoms with Gasteiger partial charge in [0, 0.05) is 12.6 Å². The molecular formula is C16H13F2N3O. The number of amides is 2. The summed E-state index contributed by atoms with van der Waals surface area (Å²) in [4.78, 5) is 11.7. The van der Waals surface area contributed by atoms with Gasteiger partial charge in [-0.2, -0.15) is 5.26 Å². The molecule has 2 rings (SSSR count). The predicted octanol–water partition coefficient (Wildman–Crippen LogP) is 3.20. The monoisotopic (exact) mass is 301 g/mol. The predicted molar refractivity (Wildman–Crippen MR) is 78.2 cm³/mol. The number of para-hydroxylation sites is 1. The third-order valence-electron chi connectivity index (χ3n) is 2.92. The van der Waals surface area contributed by atoms with Crippen LogP contribution in [0.3, 0.4) is 0 Å². The van der Waals surface area contributed by atoms with Gasteiger partial charge in [0.15, 0.2) is 0 Å². The van der Waals surface area contributed by atoms with Gasteiger partial charge in [-0.1, -0.05) is 12.1 Å². The van der Waals surface area contributed by atoms with E-state index in [2.05, 4.69) is 10.6 Å². The molecule has 0 bridgehead atoms. The van der Waals surface area contributed by atoms with E-state index in [-0.39, 0.29) is 6.54 Å². The zero-order valence-electron chi connectivity index (χ0n) is 11.6. The number of hydrogen-bond acceptors (Lipinski definition) is 2. The highest BCUT2D eigenvalue weighted by Gasteiger charge is 2.06. The summed E-state index contributed by atoms with van der Waals surface area (Å²) in [6.45, 7) is 0.212. The first-order valence-electron chi connectivity index (χ1n) is 6.57. The summed E-state index contributed by atoms with van der Waals surface area (Å²) in [5, 5.41) is 14.0. The fourth-order valence-electron chi connectivity index (χ4n) is 1.93. The van der Waals surface area contributed by atoms with Crippen molar-refractivity contribution in [3.8, 4) is 6.07 Å². The van der Waals surface area contributed by atoms with E-state index in [1.807, 2.05) is 6.07 Å². The van der Waals surface area contributed by atoms with Crippen molar-refractivity contribution < 1.29 is 13.6 Å². The molecule has 0 unspecified atom stereocenters. The van der Waals surface area contributed by atoms with Crippen LogP contribution in [0.2, 0.25) is 0 Å². The van der Waals surface area contributed by atoms with Gasteiger partial charge < -0.3 is 10.6 Å².